The number of anilines is 3. The van der Waals surface area contributed by atoms with Gasteiger partial charge < -0.3 is 15.0 Å². The second kappa shape index (κ2) is 6.77. The van der Waals surface area contributed by atoms with E-state index in [-0.39, 0.29) is 6.10 Å². The summed E-state index contributed by atoms with van der Waals surface area (Å²) < 4.78 is 5.67. The Hall–Kier alpha value is -2.14. The van der Waals surface area contributed by atoms with Gasteiger partial charge in [-0.1, -0.05) is 18.2 Å². The van der Waals surface area contributed by atoms with Crippen LogP contribution in [-0.4, -0.2) is 35.8 Å². The highest BCUT2D eigenvalue weighted by molar-refractivity contribution is 5.66. The average molecular weight is 324 g/mol. The number of aryl methyl sites for hydroxylation is 2. The molecule has 126 valence electrons. The standard InChI is InChI=1S/C19H24N4O/c1-14-12-18(22-19(21-14)20-13-16-8-5-11-24-16)23-10-4-7-15-6-2-3-9-17(15)23/h2-3,6,9,12,16H,4-5,7-8,10-11,13H2,1H3,(H,20,21,22). The van der Waals surface area contributed by atoms with Crippen LogP contribution in [0.3, 0.4) is 0 Å². The molecule has 0 spiro atoms. The molecular weight excluding hydrogens is 300 g/mol. The molecule has 24 heavy (non-hydrogen) atoms. The van der Waals surface area contributed by atoms with Gasteiger partial charge >= 0.3 is 0 Å². The molecule has 5 heteroatoms. The van der Waals surface area contributed by atoms with Gasteiger partial charge in [0.25, 0.3) is 0 Å². The van der Waals surface area contributed by atoms with E-state index >= 15 is 0 Å². The number of rotatable bonds is 4. The third-order valence-corrected chi connectivity index (χ3v) is 4.74. The van der Waals surface area contributed by atoms with Crippen LogP contribution in [0.15, 0.2) is 30.3 Å². The lowest BCUT2D eigenvalue weighted by Crippen LogP contribution is -2.26. The van der Waals surface area contributed by atoms with Crippen molar-refractivity contribution in [3.05, 3.63) is 41.6 Å². The summed E-state index contributed by atoms with van der Waals surface area (Å²) in [5.41, 5.74) is 3.65. The minimum Gasteiger partial charge on any atom is -0.376 e. The van der Waals surface area contributed by atoms with Gasteiger partial charge in [-0.05, 0) is 44.2 Å². The number of fused-ring (bicyclic) bond motifs is 1. The smallest absolute Gasteiger partial charge is 0.224 e. The maximum Gasteiger partial charge on any atom is 0.224 e. The summed E-state index contributed by atoms with van der Waals surface area (Å²) in [5, 5.41) is 3.36. The first kappa shape index (κ1) is 15.4. The number of hydrogen-bond donors (Lipinski definition) is 1. The molecule has 1 unspecified atom stereocenters. The van der Waals surface area contributed by atoms with E-state index in [4.69, 9.17) is 9.72 Å². The molecule has 1 fully saturated rings. The van der Waals surface area contributed by atoms with Gasteiger partial charge in [-0.25, -0.2) is 4.98 Å². The predicted molar refractivity (Wildman–Crippen MR) is 96.0 cm³/mol. The molecule has 1 aromatic heterocycles. The topological polar surface area (TPSA) is 50.3 Å². The van der Waals surface area contributed by atoms with E-state index in [1.165, 1.54) is 11.3 Å². The predicted octanol–water partition coefficient (Wildman–Crippen LogP) is 3.46. The largest absolute Gasteiger partial charge is 0.376 e. The molecular formula is C19H24N4O. The number of aromatic nitrogens is 2. The summed E-state index contributed by atoms with van der Waals surface area (Å²) >= 11 is 0. The van der Waals surface area contributed by atoms with Crippen LogP contribution in [-0.2, 0) is 11.2 Å². The van der Waals surface area contributed by atoms with Gasteiger partial charge in [0.15, 0.2) is 0 Å². The number of nitrogens with one attached hydrogen (secondary N) is 1. The second-order valence-corrected chi connectivity index (χ2v) is 6.59. The van der Waals surface area contributed by atoms with Crippen LogP contribution in [0.2, 0.25) is 0 Å². The molecule has 1 saturated heterocycles. The molecule has 2 aliphatic rings. The quantitative estimate of drug-likeness (QED) is 0.933. The van der Waals surface area contributed by atoms with Gasteiger partial charge in [0.2, 0.25) is 5.95 Å². The van der Waals surface area contributed by atoms with Gasteiger partial charge in [-0.3, -0.25) is 0 Å². The molecule has 1 N–H and O–H groups in total. The summed E-state index contributed by atoms with van der Waals surface area (Å²) in [6.45, 7) is 4.67. The Morgan fingerprint density at radius 2 is 2.17 bits per heavy atom. The van der Waals surface area contributed by atoms with Gasteiger partial charge in [-0.2, -0.15) is 4.98 Å². The summed E-state index contributed by atoms with van der Waals surface area (Å²) in [6, 6.07) is 10.7. The Morgan fingerprint density at radius 1 is 1.25 bits per heavy atom. The monoisotopic (exact) mass is 324 g/mol. The molecule has 0 radical (unpaired) electrons. The van der Waals surface area contributed by atoms with Crippen molar-refractivity contribution in [2.24, 2.45) is 0 Å². The number of hydrogen-bond acceptors (Lipinski definition) is 5. The Kier molecular flexibility index (Phi) is 4.34. The van der Waals surface area contributed by atoms with Gasteiger partial charge in [0.05, 0.1) is 6.10 Å². The van der Waals surface area contributed by atoms with Crippen molar-refractivity contribution in [2.75, 3.05) is 29.9 Å². The van der Waals surface area contributed by atoms with E-state index < -0.39 is 0 Å². The van der Waals surface area contributed by atoms with E-state index in [1.54, 1.807) is 0 Å². The highest BCUT2D eigenvalue weighted by Crippen LogP contribution is 2.32. The van der Waals surface area contributed by atoms with E-state index in [0.717, 1.165) is 56.9 Å². The van der Waals surface area contributed by atoms with Crippen LogP contribution in [0.5, 0.6) is 0 Å². The zero-order valence-electron chi connectivity index (χ0n) is 14.2. The van der Waals surface area contributed by atoms with Gasteiger partial charge in [0.1, 0.15) is 5.82 Å². The third-order valence-electron chi connectivity index (χ3n) is 4.74. The Morgan fingerprint density at radius 3 is 3.04 bits per heavy atom. The first-order chi connectivity index (χ1) is 11.8. The SMILES string of the molecule is Cc1cc(N2CCCc3ccccc32)nc(NCC2CCCO2)n1. The maximum atomic E-state index is 5.67. The fourth-order valence-corrected chi connectivity index (χ4v) is 3.55. The molecule has 2 aromatic rings. The van der Waals surface area contributed by atoms with E-state index in [0.29, 0.717) is 5.95 Å². The first-order valence-electron chi connectivity index (χ1n) is 8.86. The van der Waals surface area contributed by atoms with Crippen molar-refractivity contribution >= 4 is 17.5 Å². The summed E-state index contributed by atoms with van der Waals surface area (Å²) in [4.78, 5) is 11.6. The normalized spacial score (nSPS) is 20.0. The maximum absolute atomic E-state index is 5.67. The fourth-order valence-electron chi connectivity index (χ4n) is 3.55. The average Bonchev–Trinajstić information content (AvgIpc) is 3.12. The van der Waals surface area contributed by atoms with E-state index in [1.807, 2.05) is 6.92 Å². The van der Waals surface area contributed by atoms with Crippen LogP contribution >= 0.6 is 0 Å². The molecule has 1 aromatic carbocycles. The summed E-state index contributed by atoms with van der Waals surface area (Å²) in [6.07, 6.45) is 4.84. The molecule has 0 amide bonds. The number of ether oxygens (including phenoxy) is 1. The van der Waals surface area contributed by atoms with Crippen molar-refractivity contribution in [2.45, 2.75) is 38.7 Å². The van der Waals surface area contributed by atoms with E-state index in [2.05, 4.69) is 45.5 Å². The molecule has 0 saturated carbocycles. The second-order valence-electron chi connectivity index (χ2n) is 6.59. The highest BCUT2D eigenvalue weighted by Gasteiger charge is 2.20. The Balaban J connectivity index is 1.57. The van der Waals surface area contributed by atoms with Gasteiger partial charge in [-0.15, -0.1) is 0 Å². The Labute approximate surface area is 143 Å². The lowest BCUT2D eigenvalue weighted by Gasteiger charge is -2.30. The molecule has 5 nitrogen and oxygen atoms in total. The third kappa shape index (κ3) is 3.22. The van der Waals surface area contributed by atoms with Crippen LogP contribution in [0, 0.1) is 6.92 Å². The van der Waals surface area contributed by atoms with Crippen LogP contribution in [0.4, 0.5) is 17.5 Å². The molecule has 1 atom stereocenters. The molecule has 2 aliphatic heterocycles. The summed E-state index contributed by atoms with van der Waals surface area (Å²) in [5.74, 6) is 1.67. The molecule has 0 aliphatic carbocycles. The van der Waals surface area contributed by atoms with Gasteiger partial charge in [0, 0.05) is 37.1 Å². The van der Waals surface area contributed by atoms with E-state index in [9.17, 15) is 0 Å². The summed E-state index contributed by atoms with van der Waals surface area (Å²) in [7, 11) is 0. The van der Waals surface area contributed by atoms with Crippen molar-refractivity contribution in [1.82, 2.24) is 9.97 Å². The first-order valence-corrected chi connectivity index (χ1v) is 8.86. The fraction of sp³-hybridized carbons (Fsp3) is 0.474. The minimum atomic E-state index is 0.285. The molecule has 0 bridgehead atoms. The van der Waals surface area contributed by atoms with Crippen molar-refractivity contribution in [1.29, 1.82) is 0 Å². The highest BCUT2D eigenvalue weighted by atomic mass is 16.5. The van der Waals surface area contributed by atoms with Crippen molar-refractivity contribution in [3.8, 4) is 0 Å². The number of benzene rings is 1. The number of nitrogens with zero attached hydrogens (tertiary/aromatic N) is 3. The zero-order valence-corrected chi connectivity index (χ0v) is 14.2. The Bertz CT molecular complexity index is 712. The minimum absolute atomic E-state index is 0.285. The zero-order chi connectivity index (χ0) is 16.4. The lowest BCUT2D eigenvalue weighted by molar-refractivity contribution is 0.120. The van der Waals surface area contributed by atoms with Crippen LogP contribution in [0.25, 0.3) is 0 Å². The molecule has 3 heterocycles. The number of para-hydroxylation sites is 1. The lowest BCUT2D eigenvalue weighted by atomic mass is 10.0. The van der Waals surface area contributed by atoms with Crippen LogP contribution < -0.4 is 10.2 Å². The van der Waals surface area contributed by atoms with Crippen molar-refractivity contribution < 1.29 is 4.74 Å². The van der Waals surface area contributed by atoms with Crippen LogP contribution in [0.1, 0.15) is 30.5 Å². The molecule has 4 rings (SSSR count). The van der Waals surface area contributed by atoms with Crippen molar-refractivity contribution in [3.63, 3.8) is 0 Å².